The molecular formula is H4Fe2Mg2O12S3. The summed E-state index contributed by atoms with van der Waals surface area (Å²) in [4.78, 5) is 0. The summed E-state index contributed by atoms with van der Waals surface area (Å²) in [6, 6.07) is 0. The van der Waals surface area contributed by atoms with E-state index >= 15 is 0 Å². The van der Waals surface area contributed by atoms with E-state index in [9.17, 15) is 0 Å². The van der Waals surface area contributed by atoms with Crippen molar-refractivity contribution < 1.29 is 86.7 Å². The zero-order valence-electron chi connectivity index (χ0n) is 6.83. The van der Waals surface area contributed by atoms with Crippen molar-refractivity contribution in [3.05, 3.63) is 0 Å². The van der Waals surface area contributed by atoms with E-state index in [0.29, 0.717) is 0 Å². The third-order valence-corrected chi connectivity index (χ3v) is 0. The molecule has 19 heteroatoms. The Morgan fingerprint density at radius 3 is 0.421 bits per heavy atom. The molecule has 19 heavy (non-hydrogen) atoms. The largest absolute Gasteiger partial charge is 3.00 e. The molecule has 0 rings (SSSR count). The Morgan fingerprint density at radius 2 is 0.421 bits per heavy atom. The van der Waals surface area contributed by atoms with Gasteiger partial charge in [-0.3, -0.25) is 25.3 Å². The summed E-state index contributed by atoms with van der Waals surface area (Å²) in [6.07, 6.45) is 0. The second-order valence-corrected chi connectivity index (χ2v) is 3.67. The summed E-state index contributed by atoms with van der Waals surface area (Å²) in [6.45, 7) is 0. The summed E-state index contributed by atoms with van der Waals surface area (Å²) in [7, 11) is -15.5. The van der Waals surface area contributed by atoms with E-state index < -0.39 is 31.2 Å². The third-order valence-electron chi connectivity index (χ3n) is 0. The van der Waals surface area contributed by atoms with Crippen LogP contribution in [0.25, 0.3) is 0 Å². The average molecular weight is 453 g/mol. The van der Waals surface area contributed by atoms with E-state index in [2.05, 4.69) is 0 Å². The fraction of sp³-hybridized carbons (Fsp3) is 0. The first-order valence-electron chi connectivity index (χ1n) is 2.00. The zero-order valence-corrected chi connectivity index (χ0v) is 11.5. The molecule has 0 aliphatic rings. The first kappa shape index (κ1) is 42.9. The van der Waals surface area contributed by atoms with Gasteiger partial charge in [-0.05, 0) is 0 Å². The average Bonchev–Trinajstić information content (AvgIpc) is 1.41. The number of hydrogen-bond acceptors (Lipinski definition) is 12. The minimum atomic E-state index is -5.17. The van der Waals surface area contributed by atoms with Crippen LogP contribution in [0, 0.1) is 0 Å². The Morgan fingerprint density at radius 1 is 0.421 bits per heavy atom. The van der Waals surface area contributed by atoms with Gasteiger partial charge in [-0.25, -0.2) is 0 Å². The monoisotopic (exact) mass is 452 g/mol. The predicted octanol–water partition coefficient (Wildman–Crippen LogP) is -5.85. The molecule has 0 fully saturated rings. The van der Waals surface area contributed by atoms with E-state index in [4.69, 9.17) is 52.6 Å². The first-order chi connectivity index (χ1) is 6.00. The van der Waals surface area contributed by atoms with Crippen LogP contribution < -0.4 is 0 Å². The van der Waals surface area contributed by atoms with Gasteiger partial charge in [0.15, 0.2) is 0 Å². The Kier molecular flexibility index (Phi) is 41.2. The van der Waals surface area contributed by atoms with Gasteiger partial charge >= 0.3 is 80.2 Å². The van der Waals surface area contributed by atoms with Crippen molar-refractivity contribution in [1.29, 1.82) is 0 Å². The van der Waals surface area contributed by atoms with Gasteiger partial charge in [-0.15, -0.1) is 0 Å². The maximum absolute atomic E-state index is 8.52. The van der Waals surface area contributed by atoms with Crippen molar-refractivity contribution in [2.75, 3.05) is 0 Å². The van der Waals surface area contributed by atoms with Crippen molar-refractivity contribution in [3.63, 3.8) is 0 Å². The van der Waals surface area contributed by atoms with Crippen LogP contribution in [0.4, 0.5) is 0 Å². The molecular weight excluding hydrogens is 448 g/mol. The zero-order chi connectivity index (χ0) is 13.5. The standard InChI is InChI=1S/2Fe.2Mg.3H2O4S.4H/c;;;;3*1-5(2,3)4;;;;/h;;;;3*(H2,1,2,3,4);;;;/q2*+3;;;;;;;;;/p-6. The van der Waals surface area contributed by atoms with Gasteiger partial charge < -0.3 is 27.3 Å². The SMILES string of the molecule is O=S(=O)([O-])[O-].O=S(=O)([O-])[O-].O=S(=O)([O-])[O-].[Fe+3].[Fe+3].[MgH2].[MgH2]. The molecule has 0 N–H and O–H groups in total. The molecule has 0 amide bonds. The van der Waals surface area contributed by atoms with E-state index in [1.807, 2.05) is 0 Å². The molecule has 0 spiro atoms. The molecule has 0 aliphatic carbocycles. The molecule has 0 heterocycles. The van der Waals surface area contributed by atoms with Gasteiger partial charge in [-0.2, -0.15) is 0 Å². The Hall–Kier alpha value is 2.18. The molecule has 0 aromatic heterocycles. The van der Waals surface area contributed by atoms with Gasteiger partial charge in [0.1, 0.15) is 0 Å². The van der Waals surface area contributed by atoms with Gasteiger partial charge in [0.2, 0.25) is 0 Å². The van der Waals surface area contributed by atoms with Crippen molar-refractivity contribution in [3.8, 4) is 0 Å². The molecule has 0 aromatic carbocycles. The van der Waals surface area contributed by atoms with Crippen molar-refractivity contribution in [2.24, 2.45) is 0 Å². The Balaban J connectivity index is -0.0000000206. The van der Waals surface area contributed by atoms with Crippen LogP contribution in [0.5, 0.6) is 0 Å². The summed E-state index contributed by atoms with van der Waals surface area (Å²) in [5.74, 6) is 0. The molecule has 0 saturated carbocycles. The van der Waals surface area contributed by atoms with Crippen molar-refractivity contribution in [2.45, 2.75) is 0 Å². The molecule has 0 unspecified atom stereocenters. The molecule has 0 bridgehead atoms. The maximum Gasteiger partial charge on any atom is 3.00 e. The minimum absolute atomic E-state index is 0. The normalized spacial score (nSPS) is 9.16. The topological polar surface area (TPSA) is 241 Å². The molecule has 2 radical (unpaired) electrons. The van der Waals surface area contributed by atoms with Crippen LogP contribution >= 0.6 is 0 Å². The molecule has 0 atom stereocenters. The smallest absolute Gasteiger partial charge is 0.759 e. The molecule has 12 nitrogen and oxygen atoms in total. The van der Waals surface area contributed by atoms with Crippen LogP contribution in [-0.2, 0) is 65.3 Å². The number of rotatable bonds is 0. The molecule has 0 aromatic rings. The van der Waals surface area contributed by atoms with Crippen LogP contribution in [0.1, 0.15) is 0 Å². The minimum Gasteiger partial charge on any atom is -0.759 e. The fourth-order valence-electron chi connectivity index (χ4n) is 0. The quantitative estimate of drug-likeness (QED) is 0.189. The van der Waals surface area contributed by atoms with Gasteiger partial charge in [0.25, 0.3) is 0 Å². The Bertz CT molecular complexity index is 350. The maximum atomic E-state index is 8.52. The van der Waals surface area contributed by atoms with Crippen LogP contribution in [0.15, 0.2) is 0 Å². The van der Waals surface area contributed by atoms with Crippen LogP contribution in [0.3, 0.4) is 0 Å². The second kappa shape index (κ2) is 18.2. The van der Waals surface area contributed by atoms with E-state index in [1.54, 1.807) is 0 Å². The predicted molar refractivity (Wildman–Crippen MR) is 48.5 cm³/mol. The van der Waals surface area contributed by atoms with Crippen molar-refractivity contribution in [1.82, 2.24) is 0 Å². The summed E-state index contributed by atoms with van der Waals surface area (Å²) in [5, 5.41) is 0. The first-order valence-corrected chi connectivity index (χ1v) is 6.00. The fourth-order valence-corrected chi connectivity index (χ4v) is 0. The number of hydrogen-bond donors (Lipinski definition) is 0. The van der Waals surface area contributed by atoms with Crippen LogP contribution in [-0.4, -0.2) is 98.7 Å². The summed E-state index contributed by atoms with van der Waals surface area (Å²) in [5.41, 5.74) is 0. The summed E-state index contributed by atoms with van der Waals surface area (Å²) >= 11 is 0. The van der Waals surface area contributed by atoms with E-state index in [0.717, 1.165) is 0 Å². The Labute approximate surface area is 162 Å². The van der Waals surface area contributed by atoms with E-state index in [-0.39, 0.29) is 80.2 Å². The van der Waals surface area contributed by atoms with Crippen molar-refractivity contribution >= 4 is 77.3 Å². The molecule has 0 aliphatic heterocycles. The molecule has 114 valence electrons. The van der Waals surface area contributed by atoms with Gasteiger partial charge in [0, 0.05) is 31.2 Å². The van der Waals surface area contributed by atoms with Gasteiger partial charge in [-0.1, -0.05) is 0 Å². The summed E-state index contributed by atoms with van der Waals surface area (Å²) < 4.78 is 102. The molecule has 0 saturated heterocycles. The van der Waals surface area contributed by atoms with Gasteiger partial charge in [0.05, 0.1) is 0 Å². The van der Waals surface area contributed by atoms with E-state index in [1.165, 1.54) is 0 Å². The third kappa shape index (κ3) is 1400. The second-order valence-electron chi connectivity index (χ2n) is 1.22. The van der Waals surface area contributed by atoms with Crippen LogP contribution in [0.2, 0.25) is 0 Å².